The molecule has 0 spiro atoms. The van der Waals surface area contributed by atoms with Gasteiger partial charge in [0.15, 0.2) is 0 Å². The van der Waals surface area contributed by atoms with Gasteiger partial charge in [0.1, 0.15) is 5.58 Å². The van der Waals surface area contributed by atoms with E-state index in [9.17, 15) is 0 Å². The second-order valence-electron chi connectivity index (χ2n) is 15.7. The molecule has 5 heteroatoms. The van der Waals surface area contributed by atoms with Gasteiger partial charge in [0.25, 0.3) is 0 Å². The van der Waals surface area contributed by atoms with Crippen molar-refractivity contribution in [2.75, 3.05) is 0 Å². The van der Waals surface area contributed by atoms with Crippen LogP contribution in [-0.2, 0) is 26.5 Å². The predicted octanol–water partition coefficient (Wildman–Crippen LogP) is 11.2. The van der Waals surface area contributed by atoms with Crippen molar-refractivity contribution in [3.05, 3.63) is 165 Å². The maximum Gasteiger partial charge on any atom is 0.141 e. The Morgan fingerprint density at radius 2 is 1.36 bits per heavy atom. The average molecular weight is 893 g/mol. The molecule has 3 aromatic heterocycles. The molecule has 1 radical (unpaired) electrons. The van der Waals surface area contributed by atoms with Crippen LogP contribution in [0, 0.1) is 54.6 Å². The summed E-state index contributed by atoms with van der Waals surface area (Å²) in [5.74, 6) is 0.585. The molecule has 275 valence electrons. The van der Waals surface area contributed by atoms with Gasteiger partial charge in [-0.25, -0.2) is 0 Å². The minimum atomic E-state index is -1.30. The summed E-state index contributed by atoms with van der Waals surface area (Å²) < 4.78 is 10.5. The Bertz CT molecular complexity index is 2420. The molecule has 3 nitrogen and oxygen atoms in total. The minimum absolute atomic E-state index is 0. The molecule has 0 unspecified atom stereocenters. The summed E-state index contributed by atoms with van der Waals surface area (Å²) in [6, 6.07) is 32.3. The number of benzene rings is 4. The second-order valence-corrected chi connectivity index (χ2v) is 20.8. The van der Waals surface area contributed by atoms with Gasteiger partial charge in [-0.15, -0.1) is 23.3 Å². The van der Waals surface area contributed by atoms with Crippen molar-refractivity contribution in [3.63, 3.8) is 0 Å². The van der Waals surface area contributed by atoms with Crippen molar-refractivity contribution in [1.82, 2.24) is 0 Å². The van der Waals surface area contributed by atoms with Gasteiger partial charge < -0.3 is 13.6 Å². The number of aromatic nitrogens is 2. The predicted molar refractivity (Wildman–Crippen MR) is 223 cm³/mol. The number of para-hydroxylation sites is 1. The van der Waals surface area contributed by atoms with Crippen LogP contribution in [-0.4, -0.2) is 8.07 Å². The Morgan fingerprint density at radius 3 is 2.02 bits per heavy atom. The van der Waals surface area contributed by atoms with E-state index in [1.54, 1.807) is 0 Å². The standard InChI is InChI=1S/C30H28NO.C18H24NSi.Ir/c1-19(2)17-22-15-16-31(5)27(18-22)28-21(4)11-14-26-25-8-6-7-24(29(25)32-30(26)28)23-12-9-20(3)10-13-23;1-13-10-15(3)17(11-14(13)2)18-9-8-16(12-19(18)4)20(5,6)7;/h6-16,18-19H,4-5,17H2,1-3H3;8-12H,3-4H2,1-2,5-7H3;/q2*-1;. The Balaban J connectivity index is 0.000000223. The molecule has 0 aliphatic heterocycles. The van der Waals surface area contributed by atoms with Crippen LogP contribution < -0.4 is 14.3 Å². The number of aryl methyl sites for hydroxylation is 3. The van der Waals surface area contributed by atoms with Gasteiger partial charge in [0, 0.05) is 50.5 Å². The van der Waals surface area contributed by atoms with E-state index in [1.165, 1.54) is 33.0 Å². The summed E-state index contributed by atoms with van der Waals surface area (Å²) in [4.78, 5) is 0. The molecule has 0 saturated heterocycles. The van der Waals surface area contributed by atoms with E-state index in [1.807, 2.05) is 15.3 Å². The largest absolute Gasteiger partial charge is 0.469 e. The maximum absolute atomic E-state index is 6.63. The Labute approximate surface area is 332 Å². The molecule has 0 N–H and O–H groups in total. The monoisotopic (exact) mass is 893 g/mol. The summed E-state index contributed by atoms with van der Waals surface area (Å²) in [5, 5.41) is 3.64. The molecule has 0 aliphatic rings. The number of fused-ring (bicyclic) bond motifs is 3. The van der Waals surface area contributed by atoms with E-state index in [0.29, 0.717) is 5.92 Å². The number of hydrogen-bond donors (Lipinski definition) is 0. The molecule has 0 saturated carbocycles. The van der Waals surface area contributed by atoms with Crippen LogP contribution in [0.15, 0.2) is 108 Å². The maximum atomic E-state index is 6.63. The van der Waals surface area contributed by atoms with Crippen molar-refractivity contribution in [2.24, 2.45) is 5.92 Å². The third-order valence-corrected chi connectivity index (χ3v) is 12.0. The normalized spacial score (nSPS) is 11.4. The van der Waals surface area contributed by atoms with Crippen molar-refractivity contribution in [1.29, 1.82) is 0 Å². The molecular weight excluding hydrogens is 841 g/mol. The van der Waals surface area contributed by atoms with E-state index in [0.717, 1.165) is 67.6 Å². The van der Waals surface area contributed by atoms with Gasteiger partial charge in [-0.05, 0) is 31.7 Å². The molecular formula is C48H52IrN2OSi-2. The van der Waals surface area contributed by atoms with Gasteiger partial charge >= 0.3 is 0 Å². The van der Waals surface area contributed by atoms with Gasteiger partial charge in [0.05, 0.1) is 37.4 Å². The van der Waals surface area contributed by atoms with E-state index in [-0.39, 0.29) is 20.1 Å². The fraction of sp³-hybridized carbons (Fsp3) is 0.208. The van der Waals surface area contributed by atoms with Crippen LogP contribution in [0.2, 0.25) is 19.6 Å². The number of pyridine rings is 2. The smallest absolute Gasteiger partial charge is 0.141 e. The summed E-state index contributed by atoms with van der Waals surface area (Å²) in [6.45, 7) is 26.4. The van der Waals surface area contributed by atoms with Crippen molar-refractivity contribution in [2.45, 2.75) is 60.7 Å². The van der Waals surface area contributed by atoms with Crippen molar-refractivity contribution in [3.8, 4) is 33.6 Å². The quantitative estimate of drug-likeness (QED) is 0.0926. The van der Waals surface area contributed by atoms with Crippen LogP contribution in [0.1, 0.15) is 47.2 Å². The van der Waals surface area contributed by atoms with Crippen molar-refractivity contribution >= 4 is 35.2 Å². The first-order chi connectivity index (χ1) is 24.6. The zero-order valence-corrected chi connectivity index (χ0v) is 36.0. The first kappa shape index (κ1) is 39.5. The van der Waals surface area contributed by atoms with Crippen LogP contribution in [0.5, 0.6) is 0 Å². The first-order valence-electron chi connectivity index (χ1n) is 18.2. The summed E-state index contributed by atoms with van der Waals surface area (Å²) >= 11 is 0. The zero-order valence-electron chi connectivity index (χ0n) is 32.6. The summed E-state index contributed by atoms with van der Waals surface area (Å²) in [5.41, 5.74) is 15.5. The minimum Gasteiger partial charge on any atom is -0.469 e. The Hall–Kier alpha value is -4.67. The van der Waals surface area contributed by atoms with E-state index in [4.69, 9.17) is 4.42 Å². The van der Waals surface area contributed by atoms with Gasteiger partial charge in [-0.3, -0.25) is 0 Å². The van der Waals surface area contributed by atoms with Crippen LogP contribution >= 0.6 is 0 Å². The number of rotatable bonds is 6. The topological polar surface area (TPSA) is 20.9 Å². The average Bonchev–Trinajstić information content (AvgIpc) is 3.46. The Morgan fingerprint density at radius 1 is 0.679 bits per heavy atom. The number of hydrogen-bond acceptors (Lipinski definition) is 1. The molecule has 0 atom stereocenters. The van der Waals surface area contributed by atoms with Crippen LogP contribution in [0.25, 0.3) is 55.6 Å². The third kappa shape index (κ3) is 8.29. The molecule has 0 bridgehead atoms. The van der Waals surface area contributed by atoms with Crippen molar-refractivity contribution < 1.29 is 33.7 Å². The van der Waals surface area contributed by atoms with Gasteiger partial charge in [0.2, 0.25) is 0 Å². The first-order valence-corrected chi connectivity index (χ1v) is 21.7. The summed E-state index contributed by atoms with van der Waals surface area (Å²) in [6.07, 6.45) is 5.23. The fourth-order valence-corrected chi connectivity index (χ4v) is 8.00. The molecule has 0 fully saturated rings. The summed E-state index contributed by atoms with van der Waals surface area (Å²) in [7, 11) is 7.12. The molecule has 3 heterocycles. The molecule has 7 rings (SSSR count). The van der Waals surface area contributed by atoms with E-state index < -0.39 is 8.07 Å². The Kier molecular flexibility index (Phi) is 11.7. The molecule has 0 aliphatic carbocycles. The third-order valence-electron chi connectivity index (χ3n) is 10.0. The zero-order chi connectivity index (χ0) is 37.5. The number of furan rings is 1. The molecule has 0 amide bonds. The fourth-order valence-electron chi connectivity index (χ4n) is 6.88. The SMILES string of the molecule is [CH2-]c1cc(C)c(C)cc1-c1ccc([Si](C)(C)C)c[n+]1[CH2-].[CH2-]c1ccc2c(oc3c(-c4ccc(C)cc4)cccc32)c1-c1cc(CC(C)C)cc[n+]1[CH2-].[Ir]. The van der Waals surface area contributed by atoms with E-state index >= 15 is 0 Å². The molecule has 53 heavy (non-hydrogen) atoms. The molecule has 7 aromatic rings. The number of nitrogens with zero attached hydrogens (tertiary/aromatic N) is 2. The van der Waals surface area contributed by atoms with E-state index in [2.05, 4.69) is 179 Å². The molecule has 4 aromatic carbocycles. The van der Waals surface area contributed by atoms with Gasteiger partial charge in [-0.1, -0.05) is 135 Å². The second kappa shape index (κ2) is 15.7. The van der Waals surface area contributed by atoms with Gasteiger partial charge in [-0.2, -0.15) is 37.1 Å². The van der Waals surface area contributed by atoms with Crippen LogP contribution in [0.3, 0.4) is 0 Å². The van der Waals surface area contributed by atoms with Crippen LogP contribution in [0.4, 0.5) is 0 Å².